The number of carboxylic acid groups (broad SMARTS) is 1. The number of amides is 3. The van der Waals surface area contributed by atoms with Crippen LogP contribution < -0.4 is 11.1 Å². The van der Waals surface area contributed by atoms with Gasteiger partial charge in [-0.05, 0) is 32.1 Å². The molecule has 1 rings (SSSR count). The molecule has 1 fully saturated rings. The third-order valence-corrected chi connectivity index (χ3v) is 4.06. The van der Waals surface area contributed by atoms with Crippen molar-refractivity contribution in [3.05, 3.63) is 0 Å². The molecule has 2 unspecified atom stereocenters. The maximum atomic E-state index is 12.7. The summed E-state index contributed by atoms with van der Waals surface area (Å²) < 4.78 is 0. The zero-order chi connectivity index (χ0) is 16.5. The molecule has 0 aromatic carbocycles. The Morgan fingerprint density at radius 1 is 1.36 bits per heavy atom. The van der Waals surface area contributed by atoms with Crippen LogP contribution in [0.4, 0.5) is 4.79 Å². The normalized spacial score (nSPS) is 19.5. The fourth-order valence-corrected chi connectivity index (χ4v) is 2.92. The minimum atomic E-state index is -0.851. The minimum absolute atomic E-state index is 0.0529. The lowest BCUT2D eigenvalue weighted by Crippen LogP contribution is -2.54. The highest BCUT2D eigenvalue weighted by Gasteiger charge is 2.31. The number of carbonyl (C=O) groups excluding carboxylic acids is 2. The van der Waals surface area contributed by atoms with Crippen LogP contribution in [0.5, 0.6) is 0 Å². The Hall–Kier alpha value is -1.79. The second-order valence-corrected chi connectivity index (χ2v) is 5.82. The van der Waals surface area contributed by atoms with Crippen molar-refractivity contribution in [3.63, 3.8) is 0 Å². The summed E-state index contributed by atoms with van der Waals surface area (Å²) in [5.41, 5.74) is 5.17. The predicted molar refractivity (Wildman–Crippen MR) is 82.3 cm³/mol. The van der Waals surface area contributed by atoms with Crippen LogP contribution in [0, 0.1) is 0 Å². The number of aliphatic carboxylic acids is 1. The van der Waals surface area contributed by atoms with Crippen molar-refractivity contribution in [2.45, 2.75) is 70.4 Å². The summed E-state index contributed by atoms with van der Waals surface area (Å²) in [5, 5.41) is 11.4. The standard InChI is InChI=1S/C15H27N3O4/c1-2-3-7-12(17-15(16)22)14(21)18-10-5-4-6-11(18)8-9-13(19)20/h11-12H,2-10H2,1H3,(H,19,20)(H3,16,17,22). The van der Waals surface area contributed by atoms with Crippen LogP contribution in [-0.4, -0.2) is 46.5 Å². The van der Waals surface area contributed by atoms with Crippen molar-refractivity contribution in [2.24, 2.45) is 5.73 Å². The number of nitrogens with one attached hydrogen (secondary N) is 1. The van der Waals surface area contributed by atoms with Gasteiger partial charge in [-0.15, -0.1) is 0 Å². The van der Waals surface area contributed by atoms with Gasteiger partial charge in [-0.25, -0.2) is 4.79 Å². The number of likely N-dealkylation sites (tertiary alicyclic amines) is 1. The van der Waals surface area contributed by atoms with E-state index in [-0.39, 0.29) is 18.4 Å². The zero-order valence-corrected chi connectivity index (χ0v) is 13.2. The van der Waals surface area contributed by atoms with E-state index in [0.717, 1.165) is 32.1 Å². The largest absolute Gasteiger partial charge is 0.481 e. The van der Waals surface area contributed by atoms with Gasteiger partial charge in [0.2, 0.25) is 5.91 Å². The van der Waals surface area contributed by atoms with Crippen molar-refractivity contribution < 1.29 is 19.5 Å². The molecule has 126 valence electrons. The second-order valence-electron chi connectivity index (χ2n) is 5.82. The van der Waals surface area contributed by atoms with E-state index in [1.165, 1.54) is 0 Å². The molecule has 0 aromatic rings. The van der Waals surface area contributed by atoms with E-state index in [9.17, 15) is 14.4 Å². The van der Waals surface area contributed by atoms with Gasteiger partial charge in [0.25, 0.3) is 0 Å². The number of hydrogen-bond acceptors (Lipinski definition) is 3. The van der Waals surface area contributed by atoms with Crippen LogP contribution in [-0.2, 0) is 9.59 Å². The average Bonchev–Trinajstić information content (AvgIpc) is 2.48. The molecule has 0 saturated carbocycles. The van der Waals surface area contributed by atoms with Gasteiger partial charge >= 0.3 is 12.0 Å². The second kappa shape index (κ2) is 9.27. The third kappa shape index (κ3) is 5.91. The van der Waals surface area contributed by atoms with Crippen LogP contribution in [0.15, 0.2) is 0 Å². The van der Waals surface area contributed by atoms with Gasteiger partial charge in [-0.3, -0.25) is 9.59 Å². The zero-order valence-electron chi connectivity index (χ0n) is 13.2. The number of carbonyl (C=O) groups is 3. The molecule has 1 aliphatic rings. The Labute approximate surface area is 131 Å². The first kappa shape index (κ1) is 18.3. The van der Waals surface area contributed by atoms with Crippen molar-refractivity contribution in [2.75, 3.05) is 6.54 Å². The van der Waals surface area contributed by atoms with Crippen molar-refractivity contribution in [1.82, 2.24) is 10.2 Å². The van der Waals surface area contributed by atoms with E-state index in [2.05, 4.69) is 5.32 Å². The molecule has 0 radical (unpaired) electrons. The molecule has 4 N–H and O–H groups in total. The molecule has 7 nitrogen and oxygen atoms in total. The van der Waals surface area contributed by atoms with E-state index >= 15 is 0 Å². The average molecular weight is 313 g/mol. The Morgan fingerprint density at radius 3 is 2.68 bits per heavy atom. The summed E-state index contributed by atoms with van der Waals surface area (Å²) in [7, 11) is 0. The first-order chi connectivity index (χ1) is 10.5. The predicted octanol–water partition coefficient (Wildman–Crippen LogP) is 1.46. The summed E-state index contributed by atoms with van der Waals surface area (Å²) >= 11 is 0. The molecule has 0 bridgehead atoms. The van der Waals surface area contributed by atoms with Crippen LogP contribution in [0.25, 0.3) is 0 Å². The topological polar surface area (TPSA) is 113 Å². The van der Waals surface area contributed by atoms with E-state index in [1.54, 1.807) is 4.90 Å². The molecule has 22 heavy (non-hydrogen) atoms. The summed E-state index contributed by atoms with van der Waals surface area (Å²) in [6.45, 7) is 2.63. The number of unbranched alkanes of at least 4 members (excludes halogenated alkanes) is 1. The van der Waals surface area contributed by atoms with Crippen LogP contribution in [0.2, 0.25) is 0 Å². The molecule has 0 aliphatic carbocycles. The van der Waals surface area contributed by atoms with Gasteiger partial charge in [0, 0.05) is 19.0 Å². The van der Waals surface area contributed by atoms with Gasteiger partial charge < -0.3 is 21.1 Å². The molecule has 1 saturated heterocycles. The third-order valence-electron chi connectivity index (χ3n) is 4.06. The number of primary amides is 1. The summed E-state index contributed by atoms with van der Waals surface area (Å²) in [6.07, 6.45) is 5.53. The van der Waals surface area contributed by atoms with Gasteiger partial charge in [0.1, 0.15) is 6.04 Å². The van der Waals surface area contributed by atoms with Gasteiger partial charge in [-0.2, -0.15) is 0 Å². The molecule has 7 heteroatoms. The first-order valence-electron chi connectivity index (χ1n) is 8.04. The smallest absolute Gasteiger partial charge is 0.312 e. The molecular formula is C15H27N3O4. The number of hydrogen-bond donors (Lipinski definition) is 3. The van der Waals surface area contributed by atoms with Crippen LogP contribution in [0.1, 0.15) is 58.3 Å². The van der Waals surface area contributed by atoms with Crippen LogP contribution in [0.3, 0.4) is 0 Å². The highest BCUT2D eigenvalue weighted by Crippen LogP contribution is 2.22. The lowest BCUT2D eigenvalue weighted by Gasteiger charge is -2.38. The summed E-state index contributed by atoms with van der Waals surface area (Å²) in [4.78, 5) is 36.3. The van der Waals surface area contributed by atoms with Crippen molar-refractivity contribution in [3.8, 4) is 0 Å². The number of urea groups is 1. The monoisotopic (exact) mass is 313 g/mol. The highest BCUT2D eigenvalue weighted by atomic mass is 16.4. The number of rotatable bonds is 8. The molecular weight excluding hydrogens is 286 g/mol. The number of carboxylic acids is 1. The lowest BCUT2D eigenvalue weighted by atomic mass is 9.96. The Kier molecular flexibility index (Phi) is 7.70. The quantitative estimate of drug-likeness (QED) is 0.629. The molecule has 2 atom stereocenters. The maximum Gasteiger partial charge on any atom is 0.312 e. The Bertz CT molecular complexity index is 400. The number of piperidine rings is 1. The summed E-state index contributed by atoms with van der Waals surface area (Å²) in [5.74, 6) is -0.988. The minimum Gasteiger partial charge on any atom is -0.481 e. The number of nitrogens with two attached hydrogens (primary N) is 1. The van der Waals surface area contributed by atoms with E-state index in [1.807, 2.05) is 6.92 Å². The lowest BCUT2D eigenvalue weighted by molar-refractivity contribution is -0.141. The fraction of sp³-hybridized carbons (Fsp3) is 0.800. The van der Waals surface area contributed by atoms with Gasteiger partial charge in [0.15, 0.2) is 0 Å². The van der Waals surface area contributed by atoms with E-state index < -0.39 is 18.0 Å². The van der Waals surface area contributed by atoms with E-state index in [0.29, 0.717) is 19.4 Å². The van der Waals surface area contributed by atoms with Crippen molar-refractivity contribution in [1.29, 1.82) is 0 Å². The Balaban J connectivity index is 2.73. The Morgan fingerprint density at radius 2 is 2.09 bits per heavy atom. The maximum absolute atomic E-state index is 12.7. The molecule has 0 spiro atoms. The molecule has 0 aromatic heterocycles. The van der Waals surface area contributed by atoms with Crippen LogP contribution >= 0.6 is 0 Å². The molecule has 1 heterocycles. The fourth-order valence-electron chi connectivity index (χ4n) is 2.92. The first-order valence-corrected chi connectivity index (χ1v) is 8.04. The van der Waals surface area contributed by atoms with E-state index in [4.69, 9.17) is 10.8 Å². The van der Waals surface area contributed by atoms with Gasteiger partial charge in [0.05, 0.1) is 0 Å². The van der Waals surface area contributed by atoms with Crippen molar-refractivity contribution >= 4 is 17.9 Å². The van der Waals surface area contributed by atoms with Gasteiger partial charge in [-0.1, -0.05) is 19.8 Å². The highest BCUT2D eigenvalue weighted by molar-refractivity contribution is 5.86. The molecule has 3 amide bonds. The molecule has 1 aliphatic heterocycles. The summed E-state index contributed by atoms with van der Waals surface area (Å²) in [6, 6.07) is -1.37. The number of nitrogens with zero attached hydrogens (tertiary/aromatic N) is 1. The SMILES string of the molecule is CCCCC(NC(N)=O)C(=O)N1CCCCC1CCC(=O)O.